The molecule has 0 unspecified atom stereocenters. The van der Waals surface area contributed by atoms with Gasteiger partial charge in [0, 0.05) is 26.2 Å². The second-order valence-corrected chi connectivity index (χ2v) is 5.24. The minimum absolute atomic E-state index is 0.0220. The zero-order valence-corrected chi connectivity index (χ0v) is 12.8. The molecular formula is C16H20N2O5. The van der Waals surface area contributed by atoms with Gasteiger partial charge in [0.2, 0.25) is 11.8 Å². The summed E-state index contributed by atoms with van der Waals surface area (Å²) in [6, 6.07) is 9.28. The maximum Gasteiger partial charge on any atom is 0.312 e. The van der Waals surface area contributed by atoms with Crippen molar-refractivity contribution in [3.8, 4) is 5.75 Å². The molecule has 7 heteroatoms. The minimum atomic E-state index is -1.13. The van der Waals surface area contributed by atoms with Crippen molar-refractivity contribution in [2.24, 2.45) is 0 Å². The van der Waals surface area contributed by atoms with E-state index in [0.29, 0.717) is 32.8 Å². The van der Waals surface area contributed by atoms with Gasteiger partial charge in [-0.15, -0.1) is 0 Å². The highest BCUT2D eigenvalue weighted by molar-refractivity contribution is 5.93. The van der Waals surface area contributed by atoms with Crippen molar-refractivity contribution in [3.05, 3.63) is 30.3 Å². The maximum atomic E-state index is 12.1. The SMILES string of the molecule is O=C(O)CC(=O)N1CCN(C(=O)CCOc2ccccc2)CC1. The summed E-state index contributed by atoms with van der Waals surface area (Å²) in [5.74, 6) is -0.834. The van der Waals surface area contributed by atoms with Gasteiger partial charge < -0.3 is 19.6 Å². The average Bonchev–Trinajstić information content (AvgIpc) is 2.55. The first kappa shape index (κ1) is 16.8. The second-order valence-electron chi connectivity index (χ2n) is 5.24. The highest BCUT2D eigenvalue weighted by Crippen LogP contribution is 2.10. The first-order chi connectivity index (χ1) is 11.1. The zero-order valence-electron chi connectivity index (χ0n) is 12.8. The molecule has 1 aliphatic rings. The van der Waals surface area contributed by atoms with E-state index in [2.05, 4.69) is 0 Å². The number of hydrogen-bond donors (Lipinski definition) is 1. The summed E-state index contributed by atoms with van der Waals surface area (Å²) in [7, 11) is 0. The lowest BCUT2D eigenvalue weighted by Crippen LogP contribution is -2.51. The van der Waals surface area contributed by atoms with Crippen LogP contribution in [0.5, 0.6) is 5.75 Å². The van der Waals surface area contributed by atoms with Crippen LogP contribution in [0.1, 0.15) is 12.8 Å². The van der Waals surface area contributed by atoms with Crippen LogP contribution in [0.3, 0.4) is 0 Å². The first-order valence-electron chi connectivity index (χ1n) is 7.51. The Hall–Kier alpha value is -2.57. The molecule has 2 rings (SSSR count). The summed E-state index contributed by atoms with van der Waals surface area (Å²) in [4.78, 5) is 37.4. The summed E-state index contributed by atoms with van der Waals surface area (Å²) in [5, 5.41) is 8.62. The lowest BCUT2D eigenvalue weighted by atomic mass is 10.2. The first-order valence-corrected chi connectivity index (χ1v) is 7.51. The predicted octanol–water partition coefficient (Wildman–Crippen LogP) is 0.601. The van der Waals surface area contributed by atoms with Crippen LogP contribution in [0.2, 0.25) is 0 Å². The molecule has 23 heavy (non-hydrogen) atoms. The van der Waals surface area contributed by atoms with E-state index >= 15 is 0 Å². The molecule has 0 saturated carbocycles. The fraction of sp³-hybridized carbons (Fsp3) is 0.438. The van der Waals surface area contributed by atoms with E-state index in [-0.39, 0.29) is 12.3 Å². The number of carbonyl (C=O) groups is 3. The van der Waals surface area contributed by atoms with Crippen molar-refractivity contribution < 1.29 is 24.2 Å². The Kier molecular flexibility index (Phi) is 5.96. The van der Waals surface area contributed by atoms with E-state index in [4.69, 9.17) is 9.84 Å². The third-order valence-electron chi connectivity index (χ3n) is 3.62. The number of carboxylic acid groups (broad SMARTS) is 1. The number of carbonyl (C=O) groups excluding carboxylic acids is 2. The molecule has 0 spiro atoms. The quantitative estimate of drug-likeness (QED) is 0.776. The van der Waals surface area contributed by atoms with E-state index in [9.17, 15) is 14.4 Å². The Labute approximate surface area is 134 Å². The molecule has 0 aliphatic carbocycles. The maximum absolute atomic E-state index is 12.1. The third-order valence-corrected chi connectivity index (χ3v) is 3.62. The Morgan fingerprint density at radius 2 is 1.52 bits per heavy atom. The molecule has 124 valence electrons. The summed E-state index contributed by atoms with van der Waals surface area (Å²) in [6.45, 7) is 1.90. The van der Waals surface area contributed by atoms with Crippen LogP contribution in [0, 0.1) is 0 Å². The molecule has 1 aromatic rings. The van der Waals surface area contributed by atoms with Gasteiger partial charge in [-0.05, 0) is 12.1 Å². The van der Waals surface area contributed by atoms with Crippen LogP contribution < -0.4 is 4.74 Å². The Morgan fingerprint density at radius 3 is 2.09 bits per heavy atom. The Balaban J connectivity index is 1.69. The smallest absolute Gasteiger partial charge is 0.312 e. The molecule has 0 atom stereocenters. The third kappa shape index (κ3) is 5.28. The van der Waals surface area contributed by atoms with Gasteiger partial charge in [0.25, 0.3) is 0 Å². The number of amides is 2. The van der Waals surface area contributed by atoms with Crippen molar-refractivity contribution >= 4 is 17.8 Å². The minimum Gasteiger partial charge on any atom is -0.493 e. The normalized spacial score (nSPS) is 14.4. The molecule has 1 fully saturated rings. The van der Waals surface area contributed by atoms with Gasteiger partial charge in [0.05, 0.1) is 13.0 Å². The van der Waals surface area contributed by atoms with E-state index < -0.39 is 18.3 Å². The monoisotopic (exact) mass is 320 g/mol. The van der Waals surface area contributed by atoms with Crippen LogP contribution in [-0.2, 0) is 14.4 Å². The molecule has 1 N–H and O–H groups in total. The highest BCUT2D eigenvalue weighted by atomic mass is 16.5. The predicted molar refractivity (Wildman–Crippen MR) is 82.0 cm³/mol. The summed E-state index contributed by atoms with van der Waals surface area (Å²) in [5.41, 5.74) is 0. The molecule has 7 nitrogen and oxygen atoms in total. The van der Waals surface area contributed by atoms with Gasteiger partial charge in [-0.1, -0.05) is 18.2 Å². The molecule has 1 saturated heterocycles. The molecule has 0 radical (unpaired) electrons. The molecule has 2 amide bonds. The number of para-hydroxylation sites is 1. The number of aliphatic carboxylic acids is 1. The molecular weight excluding hydrogens is 300 g/mol. The van der Waals surface area contributed by atoms with Crippen molar-refractivity contribution in [1.29, 1.82) is 0 Å². The number of carboxylic acids is 1. The molecule has 1 heterocycles. The standard InChI is InChI=1S/C16H20N2O5/c19-14(6-11-23-13-4-2-1-3-5-13)17-7-9-18(10-8-17)15(20)12-16(21)22/h1-5H,6-12H2,(H,21,22). The van der Waals surface area contributed by atoms with Crippen molar-refractivity contribution in [3.63, 3.8) is 0 Å². The molecule has 0 bridgehead atoms. The van der Waals surface area contributed by atoms with Gasteiger partial charge in [0.15, 0.2) is 0 Å². The van der Waals surface area contributed by atoms with Crippen LogP contribution in [0.15, 0.2) is 30.3 Å². The van der Waals surface area contributed by atoms with Gasteiger partial charge in [-0.25, -0.2) is 0 Å². The summed E-state index contributed by atoms with van der Waals surface area (Å²) < 4.78 is 5.49. The van der Waals surface area contributed by atoms with E-state index in [1.807, 2.05) is 30.3 Å². The fourth-order valence-corrected chi connectivity index (χ4v) is 2.38. The van der Waals surface area contributed by atoms with Crippen LogP contribution in [-0.4, -0.2) is 65.5 Å². The van der Waals surface area contributed by atoms with Crippen molar-refractivity contribution in [2.45, 2.75) is 12.8 Å². The van der Waals surface area contributed by atoms with Gasteiger partial charge >= 0.3 is 5.97 Å². The lowest BCUT2D eigenvalue weighted by molar-refractivity contribution is -0.147. The second kappa shape index (κ2) is 8.17. The Morgan fingerprint density at radius 1 is 0.957 bits per heavy atom. The topological polar surface area (TPSA) is 87.2 Å². The van der Waals surface area contributed by atoms with Crippen molar-refractivity contribution in [1.82, 2.24) is 9.80 Å². The lowest BCUT2D eigenvalue weighted by Gasteiger charge is -2.34. The summed E-state index contributed by atoms with van der Waals surface area (Å²) >= 11 is 0. The molecule has 1 aliphatic heterocycles. The number of hydrogen-bond acceptors (Lipinski definition) is 4. The van der Waals surface area contributed by atoms with Crippen molar-refractivity contribution in [2.75, 3.05) is 32.8 Å². The number of rotatable bonds is 6. The van der Waals surface area contributed by atoms with Gasteiger partial charge in [0.1, 0.15) is 12.2 Å². The highest BCUT2D eigenvalue weighted by Gasteiger charge is 2.24. The number of benzene rings is 1. The van der Waals surface area contributed by atoms with Gasteiger partial charge in [-0.3, -0.25) is 14.4 Å². The largest absolute Gasteiger partial charge is 0.493 e. The number of piperazine rings is 1. The zero-order chi connectivity index (χ0) is 16.7. The molecule has 0 aromatic heterocycles. The van der Waals surface area contributed by atoms with Crippen LogP contribution in [0.4, 0.5) is 0 Å². The van der Waals surface area contributed by atoms with E-state index in [1.165, 1.54) is 4.90 Å². The molecule has 1 aromatic carbocycles. The van der Waals surface area contributed by atoms with Gasteiger partial charge in [-0.2, -0.15) is 0 Å². The van der Waals surface area contributed by atoms with Crippen LogP contribution >= 0.6 is 0 Å². The summed E-state index contributed by atoms with van der Waals surface area (Å²) in [6.07, 6.45) is -0.225. The number of nitrogens with zero attached hydrogens (tertiary/aromatic N) is 2. The van der Waals surface area contributed by atoms with E-state index in [0.717, 1.165) is 5.75 Å². The average molecular weight is 320 g/mol. The van der Waals surface area contributed by atoms with E-state index in [1.54, 1.807) is 4.90 Å². The van der Waals surface area contributed by atoms with Crippen LogP contribution in [0.25, 0.3) is 0 Å². The fourth-order valence-electron chi connectivity index (χ4n) is 2.38. The number of ether oxygens (including phenoxy) is 1. The Bertz CT molecular complexity index is 553.